The molecule has 3 fully saturated rings. The fraction of sp³-hybridized carbons (Fsp3) is 1.00. The molecule has 0 aromatic heterocycles. The summed E-state index contributed by atoms with van der Waals surface area (Å²) in [6.07, 6.45) is 5.98. The first-order chi connectivity index (χ1) is 6.29. The monoisotopic (exact) mass is 216 g/mol. The summed E-state index contributed by atoms with van der Waals surface area (Å²) in [5.74, 6) is 0. The molecule has 1 saturated carbocycles. The smallest absolute Gasteiger partial charge is 0.0348 e. The summed E-state index contributed by atoms with van der Waals surface area (Å²) in [5.41, 5.74) is 0.773. The molecule has 2 aliphatic heterocycles. The second-order valence-electron chi connectivity index (χ2n) is 5.39. The van der Waals surface area contributed by atoms with Gasteiger partial charge in [0.1, 0.15) is 0 Å². The van der Waals surface area contributed by atoms with Crippen LogP contribution in [0.15, 0.2) is 0 Å². The molecule has 1 spiro atoms. The van der Waals surface area contributed by atoms with Crippen molar-refractivity contribution in [3.05, 3.63) is 0 Å². The Labute approximate surface area is 92.8 Å². The van der Waals surface area contributed by atoms with E-state index in [0.29, 0.717) is 0 Å². The summed E-state index contributed by atoms with van der Waals surface area (Å²) in [6.45, 7) is 6.30. The molecule has 0 radical (unpaired) electrons. The van der Waals surface area contributed by atoms with Crippen molar-refractivity contribution >= 4 is 12.4 Å². The number of nitrogens with zero attached hydrogens (tertiary/aromatic N) is 1. The predicted octanol–water partition coefficient (Wildman–Crippen LogP) is 1.64. The molecule has 1 N–H and O–H groups in total. The number of likely N-dealkylation sites (tertiary alicyclic amines) is 1. The first kappa shape index (κ1) is 10.7. The van der Waals surface area contributed by atoms with Crippen LogP contribution >= 0.6 is 12.4 Å². The number of nitrogens with one attached hydrogen (secondary N) is 1. The van der Waals surface area contributed by atoms with Gasteiger partial charge in [-0.2, -0.15) is 0 Å². The minimum Gasteiger partial charge on any atom is -0.314 e. The molecule has 3 rings (SSSR count). The lowest BCUT2D eigenvalue weighted by Gasteiger charge is -2.41. The van der Waals surface area contributed by atoms with Crippen molar-refractivity contribution in [3.63, 3.8) is 0 Å². The van der Waals surface area contributed by atoms with E-state index in [-0.39, 0.29) is 12.4 Å². The second kappa shape index (κ2) is 3.66. The molecule has 1 aliphatic carbocycles. The van der Waals surface area contributed by atoms with Crippen molar-refractivity contribution in [2.75, 3.05) is 19.6 Å². The van der Waals surface area contributed by atoms with Gasteiger partial charge in [0.15, 0.2) is 0 Å². The van der Waals surface area contributed by atoms with Crippen LogP contribution in [0.1, 0.15) is 32.6 Å². The Bertz CT molecular complexity index is 211. The van der Waals surface area contributed by atoms with E-state index in [1.165, 1.54) is 45.3 Å². The zero-order chi connectivity index (χ0) is 8.89. The third kappa shape index (κ3) is 1.48. The molecule has 0 aromatic carbocycles. The van der Waals surface area contributed by atoms with Gasteiger partial charge in [0, 0.05) is 31.7 Å². The SMILES string of the molecule is CC1CC2(CCC2)CN1C1CNC1.Cl. The molecule has 1 atom stereocenters. The van der Waals surface area contributed by atoms with Gasteiger partial charge in [0.05, 0.1) is 0 Å². The average molecular weight is 217 g/mol. The highest BCUT2D eigenvalue weighted by molar-refractivity contribution is 5.85. The van der Waals surface area contributed by atoms with Gasteiger partial charge in [-0.25, -0.2) is 0 Å². The maximum absolute atomic E-state index is 3.38. The van der Waals surface area contributed by atoms with Gasteiger partial charge in [0.2, 0.25) is 0 Å². The topological polar surface area (TPSA) is 15.3 Å². The Morgan fingerprint density at radius 3 is 2.36 bits per heavy atom. The van der Waals surface area contributed by atoms with E-state index in [1.54, 1.807) is 0 Å². The Morgan fingerprint density at radius 2 is 2.00 bits per heavy atom. The zero-order valence-electron chi connectivity index (χ0n) is 8.96. The van der Waals surface area contributed by atoms with Crippen LogP contribution in [0.5, 0.6) is 0 Å². The Kier molecular flexibility index (Phi) is 2.80. The largest absolute Gasteiger partial charge is 0.314 e. The van der Waals surface area contributed by atoms with E-state index >= 15 is 0 Å². The Hall–Kier alpha value is 0.210. The van der Waals surface area contributed by atoms with E-state index in [4.69, 9.17) is 0 Å². The predicted molar refractivity (Wildman–Crippen MR) is 61.0 cm³/mol. The van der Waals surface area contributed by atoms with Gasteiger partial charge < -0.3 is 5.32 Å². The highest BCUT2D eigenvalue weighted by atomic mass is 35.5. The van der Waals surface area contributed by atoms with Crippen LogP contribution < -0.4 is 5.32 Å². The van der Waals surface area contributed by atoms with E-state index < -0.39 is 0 Å². The number of rotatable bonds is 1. The summed E-state index contributed by atoms with van der Waals surface area (Å²) in [7, 11) is 0. The molecule has 0 bridgehead atoms. The summed E-state index contributed by atoms with van der Waals surface area (Å²) in [4.78, 5) is 2.76. The van der Waals surface area contributed by atoms with Crippen LogP contribution in [0.25, 0.3) is 0 Å². The first-order valence-corrected chi connectivity index (χ1v) is 5.76. The molecule has 2 saturated heterocycles. The van der Waals surface area contributed by atoms with Crippen LogP contribution in [0.3, 0.4) is 0 Å². The maximum Gasteiger partial charge on any atom is 0.0348 e. The quantitative estimate of drug-likeness (QED) is 0.717. The minimum atomic E-state index is 0. The third-order valence-electron chi connectivity index (χ3n) is 4.46. The van der Waals surface area contributed by atoms with Gasteiger partial charge in [-0.05, 0) is 31.6 Å². The van der Waals surface area contributed by atoms with Crippen LogP contribution in [-0.2, 0) is 0 Å². The standard InChI is InChI=1S/C11H20N2.ClH/c1-9-5-11(3-2-4-11)8-13(9)10-6-12-7-10;/h9-10,12H,2-8H2,1H3;1H. The molecule has 82 valence electrons. The highest BCUT2D eigenvalue weighted by Crippen LogP contribution is 2.50. The van der Waals surface area contributed by atoms with Gasteiger partial charge in [-0.3, -0.25) is 4.90 Å². The van der Waals surface area contributed by atoms with Crippen molar-refractivity contribution in [1.82, 2.24) is 10.2 Å². The van der Waals surface area contributed by atoms with Crippen LogP contribution in [-0.4, -0.2) is 36.6 Å². The molecule has 2 heterocycles. The minimum absolute atomic E-state index is 0. The summed E-state index contributed by atoms with van der Waals surface area (Å²) >= 11 is 0. The fourth-order valence-corrected chi connectivity index (χ4v) is 3.39. The molecule has 3 aliphatic rings. The molecule has 14 heavy (non-hydrogen) atoms. The lowest BCUT2D eigenvalue weighted by Crippen LogP contribution is -2.58. The van der Waals surface area contributed by atoms with Crippen molar-refractivity contribution in [3.8, 4) is 0 Å². The molecule has 3 heteroatoms. The van der Waals surface area contributed by atoms with E-state index in [9.17, 15) is 0 Å². The normalized spacial score (nSPS) is 36.2. The molecular weight excluding hydrogens is 196 g/mol. The molecule has 2 nitrogen and oxygen atoms in total. The second-order valence-corrected chi connectivity index (χ2v) is 5.39. The lowest BCUT2D eigenvalue weighted by molar-refractivity contribution is 0.0989. The fourth-order valence-electron chi connectivity index (χ4n) is 3.39. The number of hydrogen-bond acceptors (Lipinski definition) is 2. The van der Waals surface area contributed by atoms with Crippen molar-refractivity contribution in [1.29, 1.82) is 0 Å². The van der Waals surface area contributed by atoms with Crippen LogP contribution in [0.2, 0.25) is 0 Å². The summed E-state index contributed by atoms with van der Waals surface area (Å²) < 4.78 is 0. The summed E-state index contributed by atoms with van der Waals surface area (Å²) in [6, 6.07) is 1.72. The number of hydrogen-bond donors (Lipinski definition) is 1. The lowest BCUT2D eigenvalue weighted by atomic mass is 9.68. The van der Waals surface area contributed by atoms with Gasteiger partial charge in [-0.15, -0.1) is 12.4 Å². The van der Waals surface area contributed by atoms with Crippen LogP contribution in [0.4, 0.5) is 0 Å². The van der Waals surface area contributed by atoms with E-state index in [1.807, 2.05) is 0 Å². The van der Waals surface area contributed by atoms with Gasteiger partial charge in [0.25, 0.3) is 0 Å². The van der Waals surface area contributed by atoms with Crippen LogP contribution in [0, 0.1) is 5.41 Å². The maximum atomic E-state index is 3.38. The van der Waals surface area contributed by atoms with E-state index in [0.717, 1.165) is 17.5 Å². The first-order valence-electron chi connectivity index (χ1n) is 5.76. The third-order valence-corrected chi connectivity index (χ3v) is 4.46. The van der Waals surface area contributed by atoms with Gasteiger partial charge >= 0.3 is 0 Å². The van der Waals surface area contributed by atoms with Crippen molar-refractivity contribution < 1.29 is 0 Å². The number of halogens is 1. The van der Waals surface area contributed by atoms with Crippen molar-refractivity contribution in [2.45, 2.75) is 44.7 Å². The zero-order valence-corrected chi connectivity index (χ0v) is 9.78. The van der Waals surface area contributed by atoms with Crippen molar-refractivity contribution in [2.24, 2.45) is 5.41 Å². The Balaban J connectivity index is 0.000000750. The molecule has 0 amide bonds. The molecule has 1 unspecified atom stereocenters. The molecule has 0 aromatic rings. The van der Waals surface area contributed by atoms with Gasteiger partial charge in [-0.1, -0.05) is 6.42 Å². The summed E-state index contributed by atoms with van der Waals surface area (Å²) in [5, 5.41) is 3.38. The van der Waals surface area contributed by atoms with E-state index in [2.05, 4.69) is 17.1 Å². The highest BCUT2D eigenvalue weighted by Gasteiger charge is 2.48. The Morgan fingerprint density at radius 1 is 1.29 bits per heavy atom. The average Bonchev–Trinajstić information content (AvgIpc) is 2.24. The molecular formula is C11H21ClN2.